The number of anilines is 1. The van der Waals surface area contributed by atoms with Crippen molar-refractivity contribution in [2.24, 2.45) is 5.92 Å². The standard InChI is InChI=1S/C18H23NO3S/c1-14-7-5-6-10-17(14)19(16-11-12-23(21,22)13-16)18(20)15-8-3-2-4-9-15/h5-7,10-12,15-16H,2-4,8-9,13H2,1H3. The first kappa shape index (κ1) is 16.2. The van der Waals surface area contributed by atoms with Gasteiger partial charge in [0.05, 0.1) is 11.8 Å². The van der Waals surface area contributed by atoms with Crippen LogP contribution in [0, 0.1) is 12.8 Å². The van der Waals surface area contributed by atoms with Crippen LogP contribution in [0.2, 0.25) is 0 Å². The molecule has 124 valence electrons. The van der Waals surface area contributed by atoms with Gasteiger partial charge in [-0.25, -0.2) is 8.42 Å². The fourth-order valence-electron chi connectivity index (χ4n) is 3.56. The molecule has 0 aromatic heterocycles. The van der Waals surface area contributed by atoms with E-state index in [4.69, 9.17) is 0 Å². The van der Waals surface area contributed by atoms with Crippen molar-refractivity contribution in [3.63, 3.8) is 0 Å². The molecule has 1 amide bonds. The normalized spacial score (nSPS) is 23.8. The summed E-state index contributed by atoms with van der Waals surface area (Å²) in [5, 5.41) is 1.25. The van der Waals surface area contributed by atoms with Crippen molar-refractivity contribution in [3.8, 4) is 0 Å². The van der Waals surface area contributed by atoms with Crippen molar-refractivity contribution in [3.05, 3.63) is 41.3 Å². The number of para-hydroxylation sites is 1. The second-order valence-corrected chi connectivity index (χ2v) is 8.49. The van der Waals surface area contributed by atoms with Gasteiger partial charge in [0.2, 0.25) is 5.91 Å². The van der Waals surface area contributed by atoms with E-state index in [9.17, 15) is 13.2 Å². The van der Waals surface area contributed by atoms with Crippen LogP contribution in [-0.2, 0) is 14.6 Å². The maximum Gasteiger partial charge on any atom is 0.230 e. The van der Waals surface area contributed by atoms with Gasteiger partial charge in [0.25, 0.3) is 0 Å². The molecule has 0 saturated heterocycles. The summed E-state index contributed by atoms with van der Waals surface area (Å²) in [5.41, 5.74) is 1.82. The number of nitrogens with zero attached hydrogens (tertiary/aromatic N) is 1. The molecule has 1 saturated carbocycles. The highest BCUT2D eigenvalue weighted by Crippen LogP contribution is 2.32. The van der Waals surface area contributed by atoms with Gasteiger partial charge in [0, 0.05) is 17.0 Å². The van der Waals surface area contributed by atoms with Gasteiger partial charge in [-0.2, -0.15) is 0 Å². The number of benzene rings is 1. The molecular weight excluding hydrogens is 310 g/mol. The first-order chi connectivity index (χ1) is 11.0. The molecule has 23 heavy (non-hydrogen) atoms. The molecule has 1 aromatic rings. The van der Waals surface area contributed by atoms with Gasteiger partial charge >= 0.3 is 0 Å². The van der Waals surface area contributed by atoms with E-state index in [-0.39, 0.29) is 17.6 Å². The molecule has 1 aromatic carbocycles. The van der Waals surface area contributed by atoms with Crippen molar-refractivity contribution in [1.29, 1.82) is 0 Å². The average molecular weight is 333 g/mol. The molecule has 1 aliphatic carbocycles. The lowest BCUT2D eigenvalue weighted by Gasteiger charge is -2.33. The van der Waals surface area contributed by atoms with E-state index in [1.54, 1.807) is 11.0 Å². The molecule has 1 atom stereocenters. The Morgan fingerprint density at radius 3 is 2.43 bits per heavy atom. The fraction of sp³-hybridized carbons (Fsp3) is 0.500. The Balaban J connectivity index is 1.95. The smallest absolute Gasteiger partial charge is 0.230 e. The lowest BCUT2D eigenvalue weighted by molar-refractivity contribution is -0.123. The summed E-state index contributed by atoms with van der Waals surface area (Å²) >= 11 is 0. The van der Waals surface area contributed by atoms with Crippen LogP contribution in [0.3, 0.4) is 0 Å². The lowest BCUT2D eigenvalue weighted by atomic mass is 9.87. The number of carbonyl (C=O) groups excluding carboxylic acids is 1. The summed E-state index contributed by atoms with van der Waals surface area (Å²) in [6.45, 7) is 1.96. The van der Waals surface area contributed by atoms with Crippen molar-refractivity contribution in [2.45, 2.75) is 45.1 Å². The topological polar surface area (TPSA) is 54.5 Å². The highest BCUT2D eigenvalue weighted by molar-refractivity contribution is 7.94. The van der Waals surface area contributed by atoms with E-state index in [1.807, 2.05) is 31.2 Å². The minimum atomic E-state index is -3.20. The van der Waals surface area contributed by atoms with Gasteiger partial charge in [-0.05, 0) is 37.5 Å². The largest absolute Gasteiger partial charge is 0.304 e. The molecule has 1 heterocycles. The minimum absolute atomic E-state index is 0.0139. The molecule has 3 rings (SSSR count). The Bertz CT molecular complexity index is 718. The molecule has 0 radical (unpaired) electrons. The number of sulfone groups is 1. The van der Waals surface area contributed by atoms with Gasteiger partial charge in [0.1, 0.15) is 0 Å². The number of aryl methyl sites for hydroxylation is 1. The third kappa shape index (κ3) is 3.50. The van der Waals surface area contributed by atoms with Crippen LogP contribution in [0.5, 0.6) is 0 Å². The third-order valence-electron chi connectivity index (χ3n) is 4.81. The van der Waals surface area contributed by atoms with Crippen molar-refractivity contribution >= 4 is 21.4 Å². The predicted molar refractivity (Wildman–Crippen MR) is 92.0 cm³/mol. The Morgan fingerprint density at radius 2 is 1.83 bits per heavy atom. The van der Waals surface area contributed by atoms with Crippen LogP contribution in [0.15, 0.2) is 35.7 Å². The third-order valence-corrected chi connectivity index (χ3v) is 6.19. The predicted octanol–water partition coefficient (Wildman–Crippen LogP) is 3.22. The van der Waals surface area contributed by atoms with Crippen LogP contribution < -0.4 is 4.90 Å². The summed E-state index contributed by atoms with van der Waals surface area (Å²) in [5.74, 6) is 0.0746. The van der Waals surface area contributed by atoms with E-state index in [1.165, 1.54) is 11.8 Å². The number of rotatable bonds is 3. The summed E-state index contributed by atoms with van der Waals surface area (Å²) in [7, 11) is -3.20. The van der Waals surface area contributed by atoms with E-state index >= 15 is 0 Å². The minimum Gasteiger partial charge on any atom is -0.304 e. The number of hydrogen-bond donors (Lipinski definition) is 0. The van der Waals surface area contributed by atoms with Crippen molar-refractivity contribution < 1.29 is 13.2 Å². The van der Waals surface area contributed by atoms with Gasteiger partial charge in [-0.3, -0.25) is 4.79 Å². The first-order valence-corrected chi connectivity index (χ1v) is 9.99. The van der Waals surface area contributed by atoms with E-state index in [0.29, 0.717) is 0 Å². The molecular formula is C18H23NO3S. The average Bonchev–Trinajstić information content (AvgIpc) is 2.90. The van der Waals surface area contributed by atoms with Gasteiger partial charge in [-0.15, -0.1) is 0 Å². The van der Waals surface area contributed by atoms with Crippen LogP contribution in [0.4, 0.5) is 5.69 Å². The lowest BCUT2D eigenvalue weighted by Crippen LogP contribution is -2.45. The van der Waals surface area contributed by atoms with Gasteiger partial charge in [0.15, 0.2) is 9.84 Å². The molecule has 1 aliphatic heterocycles. The first-order valence-electron chi connectivity index (χ1n) is 8.27. The number of hydrogen-bond acceptors (Lipinski definition) is 3. The quantitative estimate of drug-likeness (QED) is 0.853. The zero-order chi connectivity index (χ0) is 16.4. The van der Waals surface area contributed by atoms with Gasteiger partial charge < -0.3 is 4.90 Å². The Labute approximate surface area is 138 Å². The molecule has 4 nitrogen and oxygen atoms in total. The maximum atomic E-state index is 13.1. The van der Waals surface area contributed by atoms with Crippen LogP contribution >= 0.6 is 0 Å². The molecule has 2 aliphatic rings. The second kappa shape index (κ2) is 6.48. The van der Waals surface area contributed by atoms with Crippen LogP contribution in [0.1, 0.15) is 37.7 Å². The van der Waals surface area contributed by atoms with E-state index in [0.717, 1.165) is 36.9 Å². The molecule has 0 N–H and O–H groups in total. The van der Waals surface area contributed by atoms with Crippen LogP contribution in [0.25, 0.3) is 0 Å². The second-order valence-electron chi connectivity index (χ2n) is 6.56. The highest BCUT2D eigenvalue weighted by atomic mass is 32.2. The highest BCUT2D eigenvalue weighted by Gasteiger charge is 2.35. The van der Waals surface area contributed by atoms with E-state index < -0.39 is 15.9 Å². The van der Waals surface area contributed by atoms with E-state index in [2.05, 4.69) is 0 Å². The molecule has 5 heteroatoms. The Kier molecular flexibility index (Phi) is 4.57. The number of amides is 1. The summed E-state index contributed by atoms with van der Waals surface area (Å²) in [4.78, 5) is 14.9. The summed E-state index contributed by atoms with van der Waals surface area (Å²) in [6, 6.07) is 7.31. The zero-order valence-electron chi connectivity index (χ0n) is 13.4. The Morgan fingerprint density at radius 1 is 1.13 bits per heavy atom. The Hall–Kier alpha value is -1.62. The summed E-state index contributed by atoms with van der Waals surface area (Å²) in [6.07, 6.45) is 6.82. The molecule has 1 unspecified atom stereocenters. The zero-order valence-corrected chi connectivity index (χ0v) is 14.3. The van der Waals surface area contributed by atoms with Crippen LogP contribution in [-0.4, -0.2) is 26.1 Å². The van der Waals surface area contributed by atoms with Crippen molar-refractivity contribution in [2.75, 3.05) is 10.7 Å². The molecule has 1 fully saturated rings. The van der Waals surface area contributed by atoms with Gasteiger partial charge in [-0.1, -0.05) is 37.5 Å². The summed E-state index contributed by atoms with van der Waals surface area (Å²) < 4.78 is 23.7. The number of carbonyl (C=O) groups is 1. The fourth-order valence-corrected chi connectivity index (χ4v) is 4.83. The SMILES string of the molecule is Cc1ccccc1N(C(=O)C1CCCCC1)C1C=CS(=O)(=O)C1. The van der Waals surface area contributed by atoms with Crippen molar-refractivity contribution in [1.82, 2.24) is 0 Å². The monoisotopic (exact) mass is 333 g/mol. The molecule has 0 spiro atoms. The maximum absolute atomic E-state index is 13.1. The molecule has 0 bridgehead atoms.